The Labute approximate surface area is 112 Å². The highest BCUT2D eigenvalue weighted by Crippen LogP contribution is 1.84. The normalized spacial score (nSPS) is 7.12. The van der Waals surface area contributed by atoms with Gasteiger partial charge in [0.05, 0.1) is 0 Å². The standard InChI is InChI=1S/C7H13NO.C3H9N.2ClH.H3N/c1-4-5-8-7(9)6(2)3;1-4(2)3;;;/h2,4-5H2,1,3H3,(H,8,9);1-3H3;2*1H;1H3. The molecule has 0 radical (unpaired) electrons. The molecule has 0 rings (SSSR count). The lowest BCUT2D eigenvalue weighted by atomic mass is 10.3. The molecule has 0 atom stereocenters. The van der Waals surface area contributed by atoms with Gasteiger partial charge in [0.15, 0.2) is 0 Å². The molecular weight excluding hydrogens is 249 g/mol. The molecule has 0 fully saturated rings. The van der Waals surface area contributed by atoms with Gasteiger partial charge in [-0.15, -0.1) is 24.8 Å². The fourth-order valence-electron chi connectivity index (χ4n) is 0.389. The van der Waals surface area contributed by atoms with Gasteiger partial charge < -0.3 is 16.4 Å². The van der Waals surface area contributed by atoms with Crippen molar-refractivity contribution in [2.24, 2.45) is 0 Å². The van der Waals surface area contributed by atoms with Crippen molar-refractivity contribution in [3.05, 3.63) is 12.2 Å². The largest absolute Gasteiger partial charge is 0.352 e. The molecule has 0 aliphatic heterocycles. The maximum absolute atomic E-state index is 10.7. The molecule has 0 heterocycles. The molecule has 1 amide bonds. The Kier molecular flexibility index (Phi) is 37.3. The summed E-state index contributed by atoms with van der Waals surface area (Å²) in [6, 6.07) is 0. The van der Waals surface area contributed by atoms with Crippen LogP contribution in [0.25, 0.3) is 0 Å². The topological polar surface area (TPSA) is 67.3 Å². The highest BCUT2D eigenvalue weighted by Gasteiger charge is 1.96. The molecule has 0 saturated carbocycles. The average molecular weight is 276 g/mol. The van der Waals surface area contributed by atoms with Crippen molar-refractivity contribution in [1.82, 2.24) is 16.4 Å². The smallest absolute Gasteiger partial charge is 0.246 e. The first-order valence-electron chi connectivity index (χ1n) is 4.46. The van der Waals surface area contributed by atoms with Crippen molar-refractivity contribution in [1.29, 1.82) is 0 Å². The van der Waals surface area contributed by atoms with Crippen LogP contribution in [0.1, 0.15) is 20.3 Å². The number of amides is 1. The monoisotopic (exact) mass is 275 g/mol. The van der Waals surface area contributed by atoms with Gasteiger partial charge in [0, 0.05) is 12.1 Å². The summed E-state index contributed by atoms with van der Waals surface area (Å²) in [6.45, 7) is 7.95. The Hall–Kier alpha value is -0.290. The summed E-state index contributed by atoms with van der Waals surface area (Å²) in [4.78, 5) is 12.7. The van der Waals surface area contributed by atoms with Crippen molar-refractivity contribution < 1.29 is 4.79 Å². The van der Waals surface area contributed by atoms with E-state index in [1.54, 1.807) is 6.92 Å². The molecule has 0 saturated heterocycles. The van der Waals surface area contributed by atoms with E-state index >= 15 is 0 Å². The number of hydrogen-bond donors (Lipinski definition) is 2. The first kappa shape index (κ1) is 29.6. The molecule has 0 aromatic heterocycles. The van der Waals surface area contributed by atoms with Crippen LogP contribution in [-0.2, 0) is 4.79 Å². The van der Waals surface area contributed by atoms with Gasteiger partial charge in [0.2, 0.25) is 5.91 Å². The Morgan fingerprint density at radius 3 is 1.75 bits per heavy atom. The zero-order valence-electron chi connectivity index (χ0n) is 11.0. The fraction of sp³-hybridized carbons (Fsp3) is 0.700. The predicted octanol–water partition coefficient (Wildman–Crippen LogP) is 2.27. The molecule has 0 aliphatic carbocycles. The molecule has 0 bridgehead atoms. The summed E-state index contributed by atoms with van der Waals surface area (Å²) < 4.78 is 0. The van der Waals surface area contributed by atoms with Crippen LogP contribution in [0.4, 0.5) is 0 Å². The summed E-state index contributed by atoms with van der Waals surface area (Å²) in [5, 5.41) is 2.69. The molecule has 0 spiro atoms. The number of rotatable bonds is 3. The van der Waals surface area contributed by atoms with Gasteiger partial charge in [-0.05, 0) is 34.5 Å². The highest BCUT2D eigenvalue weighted by atomic mass is 35.5. The lowest BCUT2D eigenvalue weighted by Crippen LogP contribution is -2.24. The molecule has 4 nitrogen and oxygen atoms in total. The van der Waals surface area contributed by atoms with Crippen molar-refractivity contribution in [3.8, 4) is 0 Å². The lowest BCUT2D eigenvalue weighted by Gasteiger charge is -1.99. The van der Waals surface area contributed by atoms with Gasteiger partial charge in [-0.25, -0.2) is 0 Å². The number of nitrogens with one attached hydrogen (secondary N) is 1. The van der Waals surface area contributed by atoms with Crippen LogP contribution < -0.4 is 11.5 Å². The number of halogens is 2. The van der Waals surface area contributed by atoms with Crippen LogP contribution >= 0.6 is 24.8 Å². The van der Waals surface area contributed by atoms with Crippen LogP contribution in [0, 0.1) is 0 Å². The van der Waals surface area contributed by atoms with Gasteiger partial charge in [-0.1, -0.05) is 13.5 Å². The lowest BCUT2D eigenvalue weighted by molar-refractivity contribution is -0.117. The van der Waals surface area contributed by atoms with Crippen molar-refractivity contribution in [3.63, 3.8) is 0 Å². The number of nitrogens with zero attached hydrogens (tertiary/aromatic N) is 1. The second-order valence-electron chi connectivity index (χ2n) is 3.38. The Morgan fingerprint density at radius 1 is 1.25 bits per heavy atom. The van der Waals surface area contributed by atoms with Gasteiger partial charge >= 0.3 is 0 Å². The van der Waals surface area contributed by atoms with E-state index in [2.05, 4.69) is 11.9 Å². The predicted molar refractivity (Wildman–Crippen MR) is 77.2 cm³/mol. The van der Waals surface area contributed by atoms with E-state index in [-0.39, 0.29) is 36.9 Å². The zero-order chi connectivity index (χ0) is 10.9. The van der Waals surface area contributed by atoms with E-state index in [0.717, 1.165) is 13.0 Å². The first-order chi connectivity index (χ1) is 5.91. The van der Waals surface area contributed by atoms with E-state index in [0.29, 0.717) is 5.57 Å². The Bertz CT molecular complexity index is 161. The van der Waals surface area contributed by atoms with Crippen LogP contribution in [0.15, 0.2) is 12.2 Å². The third-order valence-electron chi connectivity index (χ3n) is 0.923. The summed E-state index contributed by atoms with van der Waals surface area (Å²) in [7, 11) is 6.00. The fourth-order valence-corrected chi connectivity index (χ4v) is 0.389. The Balaban J connectivity index is -0.0000000511. The molecular formula is C10H27Cl2N3O. The van der Waals surface area contributed by atoms with Gasteiger partial charge in [-0.3, -0.25) is 4.79 Å². The van der Waals surface area contributed by atoms with Gasteiger partial charge in [-0.2, -0.15) is 0 Å². The van der Waals surface area contributed by atoms with E-state index in [1.807, 2.05) is 33.0 Å². The molecule has 0 aromatic carbocycles. The quantitative estimate of drug-likeness (QED) is 0.777. The summed E-state index contributed by atoms with van der Waals surface area (Å²) >= 11 is 0. The van der Waals surface area contributed by atoms with E-state index in [4.69, 9.17) is 0 Å². The minimum Gasteiger partial charge on any atom is -0.352 e. The van der Waals surface area contributed by atoms with Crippen LogP contribution in [0.2, 0.25) is 0 Å². The van der Waals surface area contributed by atoms with Crippen molar-refractivity contribution >= 4 is 30.7 Å². The minimum absolute atomic E-state index is 0. The van der Waals surface area contributed by atoms with E-state index < -0.39 is 0 Å². The molecule has 0 aromatic rings. The van der Waals surface area contributed by atoms with Crippen LogP contribution in [0.5, 0.6) is 0 Å². The molecule has 0 unspecified atom stereocenters. The number of carbonyl (C=O) groups is 1. The Morgan fingerprint density at radius 2 is 1.56 bits per heavy atom. The summed E-state index contributed by atoms with van der Waals surface area (Å²) in [5.41, 5.74) is 0.573. The summed E-state index contributed by atoms with van der Waals surface area (Å²) in [5.74, 6) is -0.0446. The molecule has 16 heavy (non-hydrogen) atoms. The van der Waals surface area contributed by atoms with Crippen molar-refractivity contribution in [2.45, 2.75) is 20.3 Å². The second kappa shape index (κ2) is 20.2. The molecule has 6 heteroatoms. The molecule has 102 valence electrons. The maximum atomic E-state index is 10.7. The van der Waals surface area contributed by atoms with Crippen molar-refractivity contribution in [2.75, 3.05) is 27.7 Å². The van der Waals surface area contributed by atoms with Crippen LogP contribution in [-0.4, -0.2) is 38.5 Å². The highest BCUT2D eigenvalue weighted by molar-refractivity contribution is 5.91. The average Bonchev–Trinajstić information content (AvgIpc) is 1.98. The maximum Gasteiger partial charge on any atom is 0.246 e. The van der Waals surface area contributed by atoms with E-state index in [9.17, 15) is 4.79 Å². The second-order valence-corrected chi connectivity index (χ2v) is 3.38. The first-order valence-corrected chi connectivity index (χ1v) is 4.46. The van der Waals surface area contributed by atoms with Gasteiger partial charge in [0.25, 0.3) is 0 Å². The minimum atomic E-state index is -0.0446. The van der Waals surface area contributed by atoms with E-state index in [1.165, 1.54) is 0 Å². The SMILES string of the molecule is C=C(C)C(=O)NCCC.CN(C)C.Cl.Cl.N. The summed E-state index contributed by atoms with van der Waals surface area (Å²) in [6.07, 6.45) is 0.971. The molecule has 0 aliphatic rings. The number of carbonyl (C=O) groups excluding carboxylic acids is 1. The molecule has 4 N–H and O–H groups in total. The van der Waals surface area contributed by atoms with Gasteiger partial charge in [0.1, 0.15) is 0 Å². The third kappa shape index (κ3) is 37.3. The van der Waals surface area contributed by atoms with Crippen LogP contribution in [0.3, 0.4) is 0 Å². The number of hydrogen-bond acceptors (Lipinski definition) is 3. The third-order valence-corrected chi connectivity index (χ3v) is 0.923. The zero-order valence-corrected chi connectivity index (χ0v) is 12.6.